The van der Waals surface area contributed by atoms with Crippen LogP contribution in [0.15, 0.2) is 103 Å². The summed E-state index contributed by atoms with van der Waals surface area (Å²) in [6.45, 7) is 5.97. The molecule has 5 aromatic rings. The average Bonchev–Trinajstić information content (AvgIpc) is 3.32. The molecule has 0 amide bonds. The number of aliphatic hydroxyl groups is 1. The van der Waals surface area contributed by atoms with Gasteiger partial charge in [-0.2, -0.15) is 0 Å². The lowest BCUT2D eigenvalue weighted by atomic mass is 10.1. The summed E-state index contributed by atoms with van der Waals surface area (Å²) in [6, 6.07) is 32.3. The third-order valence-electron chi connectivity index (χ3n) is 8.36. The number of nitrogens with zero attached hydrogens (tertiary/aromatic N) is 3. The number of hydrogen-bond acceptors (Lipinski definition) is 7. The highest BCUT2D eigenvalue weighted by Gasteiger charge is 2.22. The van der Waals surface area contributed by atoms with Crippen LogP contribution >= 0.6 is 0 Å². The third kappa shape index (κ3) is 8.44. The monoisotopic (exact) mass is 669 g/mol. The molecule has 9 nitrogen and oxygen atoms in total. The van der Waals surface area contributed by atoms with Crippen LogP contribution in [0.5, 0.6) is 5.75 Å². The zero-order valence-corrected chi connectivity index (χ0v) is 28.7. The molecule has 1 aromatic heterocycles. The Labute approximate surface area is 283 Å². The van der Waals surface area contributed by atoms with E-state index in [1.165, 1.54) is 10.6 Å². The zero-order valence-electron chi connectivity index (χ0n) is 27.9. The minimum absolute atomic E-state index is 0.189. The highest BCUT2D eigenvalue weighted by molar-refractivity contribution is 7.92. The number of rotatable bonds is 15. The molecule has 0 saturated carbocycles. The Morgan fingerprint density at radius 2 is 1.56 bits per heavy atom. The second kappa shape index (κ2) is 15.5. The Balaban J connectivity index is 1.31. The van der Waals surface area contributed by atoms with Gasteiger partial charge in [-0.1, -0.05) is 72.8 Å². The maximum atomic E-state index is 12.8. The summed E-state index contributed by atoms with van der Waals surface area (Å²) in [6.07, 6.45) is 0.312. The van der Waals surface area contributed by atoms with Gasteiger partial charge in [0.05, 0.1) is 36.7 Å². The number of ether oxygens (including phenoxy) is 2. The number of aryl methyl sites for hydroxylation is 2. The van der Waals surface area contributed by atoms with E-state index in [2.05, 4.69) is 4.90 Å². The van der Waals surface area contributed by atoms with Crippen LogP contribution < -0.4 is 9.04 Å². The molecule has 252 valence electrons. The van der Waals surface area contributed by atoms with Crippen molar-refractivity contribution in [3.63, 3.8) is 0 Å². The van der Waals surface area contributed by atoms with E-state index in [4.69, 9.17) is 9.47 Å². The van der Waals surface area contributed by atoms with E-state index < -0.39 is 16.1 Å². The number of fused-ring (bicyclic) bond motifs is 1. The van der Waals surface area contributed by atoms with E-state index in [1.54, 1.807) is 25.1 Å². The van der Waals surface area contributed by atoms with Crippen LogP contribution in [-0.4, -0.2) is 61.5 Å². The zero-order chi connectivity index (χ0) is 34.3. The normalized spacial score (nSPS) is 12.3. The molecule has 0 aliphatic heterocycles. The molecule has 0 saturated heterocycles. The Hall–Kier alpha value is -4.64. The van der Waals surface area contributed by atoms with Gasteiger partial charge in [0.2, 0.25) is 10.0 Å². The Kier molecular flexibility index (Phi) is 11.2. The summed E-state index contributed by atoms with van der Waals surface area (Å²) in [4.78, 5) is 14.7. The number of carbonyl (C=O) groups is 1. The van der Waals surface area contributed by atoms with E-state index >= 15 is 0 Å². The fourth-order valence-corrected chi connectivity index (χ4v) is 6.82. The minimum atomic E-state index is -3.59. The van der Waals surface area contributed by atoms with E-state index in [0.29, 0.717) is 55.5 Å². The van der Waals surface area contributed by atoms with Gasteiger partial charge in [0.1, 0.15) is 18.1 Å². The lowest BCUT2D eigenvalue weighted by molar-refractivity contribution is 0.0515. The molecule has 0 radical (unpaired) electrons. The van der Waals surface area contributed by atoms with Crippen molar-refractivity contribution in [2.24, 2.45) is 7.05 Å². The number of anilines is 1. The van der Waals surface area contributed by atoms with Crippen molar-refractivity contribution in [1.29, 1.82) is 0 Å². The van der Waals surface area contributed by atoms with Gasteiger partial charge in [0.15, 0.2) is 0 Å². The summed E-state index contributed by atoms with van der Waals surface area (Å²) < 4.78 is 40.3. The third-order valence-corrected chi connectivity index (χ3v) is 9.50. The van der Waals surface area contributed by atoms with Crippen molar-refractivity contribution in [3.05, 3.63) is 131 Å². The molecule has 1 heterocycles. The molecule has 0 bridgehead atoms. The van der Waals surface area contributed by atoms with Crippen LogP contribution in [0.25, 0.3) is 10.9 Å². The van der Waals surface area contributed by atoms with Gasteiger partial charge in [-0.05, 0) is 60.4 Å². The second-order valence-electron chi connectivity index (χ2n) is 11.9. The molecule has 0 spiro atoms. The van der Waals surface area contributed by atoms with Gasteiger partial charge in [0.25, 0.3) is 0 Å². The van der Waals surface area contributed by atoms with E-state index in [9.17, 15) is 18.3 Å². The minimum Gasteiger partial charge on any atom is -0.492 e. The van der Waals surface area contributed by atoms with Gasteiger partial charge in [-0.25, -0.2) is 13.2 Å². The first-order valence-electron chi connectivity index (χ1n) is 16.0. The Bertz CT molecular complexity index is 1940. The number of carbonyl (C=O) groups excluding carboxylic acids is 1. The molecule has 5 rings (SSSR count). The summed E-state index contributed by atoms with van der Waals surface area (Å²) >= 11 is 0. The smallest absolute Gasteiger partial charge is 0.355 e. The number of sulfonamides is 1. The fraction of sp³-hybridized carbons (Fsp3) is 0.289. The van der Waals surface area contributed by atoms with E-state index in [0.717, 1.165) is 27.6 Å². The predicted octanol–water partition coefficient (Wildman–Crippen LogP) is 6.24. The Morgan fingerprint density at radius 1 is 0.896 bits per heavy atom. The molecule has 48 heavy (non-hydrogen) atoms. The number of aromatic nitrogens is 1. The van der Waals surface area contributed by atoms with Gasteiger partial charge in [-0.3, -0.25) is 9.21 Å². The molecule has 0 unspecified atom stereocenters. The SMILES string of the molecule is CCOC(=O)c1c(C)c2ccc(OCCN(Cc3ccccc3)C[C@H](O)c3cccc(N(Cc4ccccc4)S(C)(=O)=O)c3)cc2n1C. The molecule has 1 N–H and O–H groups in total. The number of aliphatic hydroxyl groups excluding tert-OH is 1. The summed E-state index contributed by atoms with van der Waals surface area (Å²) in [7, 11) is -1.74. The van der Waals surface area contributed by atoms with Crippen LogP contribution in [0, 0.1) is 6.92 Å². The van der Waals surface area contributed by atoms with Gasteiger partial charge in [-0.15, -0.1) is 0 Å². The maximum absolute atomic E-state index is 12.8. The van der Waals surface area contributed by atoms with Gasteiger partial charge < -0.3 is 19.1 Å². The number of hydrogen-bond donors (Lipinski definition) is 1. The first-order valence-corrected chi connectivity index (χ1v) is 17.8. The summed E-state index contributed by atoms with van der Waals surface area (Å²) in [5, 5.41) is 12.4. The number of benzene rings is 4. The van der Waals surface area contributed by atoms with Crippen LogP contribution in [0.3, 0.4) is 0 Å². The van der Waals surface area contributed by atoms with Crippen molar-refractivity contribution < 1.29 is 27.8 Å². The molecular formula is C38H43N3O6S. The van der Waals surface area contributed by atoms with Crippen LogP contribution in [-0.2, 0) is 34.9 Å². The molecule has 1 atom stereocenters. The quantitative estimate of drug-likeness (QED) is 0.132. The lowest BCUT2D eigenvalue weighted by Gasteiger charge is -2.27. The molecule has 0 aliphatic carbocycles. The molecule has 0 fully saturated rings. The summed E-state index contributed by atoms with van der Waals surface area (Å²) in [5.74, 6) is 0.322. The van der Waals surface area contributed by atoms with Gasteiger partial charge in [0, 0.05) is 38.1 Å². The first kappa shape index (κ1) is 34.7. The second-order valence-corrected chi connectivity index (χ2v) is 13.8. The van der Waals surface area contributed by atoms with Crippen molar-refractivity contribution in [2.45, 2.75) is 33.0 Å². The van der Waals surface area contributed by atoms with Crippen molar-refractivity contribution in [2.75, 3.05) is 36.9 Å². The van der Waals surface area contributed by atoms with Crippen molar-refractivity contribution in [3.8, 4) is 5.75 Å². The number of esters is 1. The predicted molar refractivity (Wildman–Crippen MR) is 190 cm³/mol. The lowest BCUT2D eigenvalue weighted by Crippen LogP contribution is -2.32. The molecule has 4 aromatic carbocycles. The highest BCUT2D eigenvalue weighted by Crippen LogP contribution is 2.29. The first-order chi connectivity index (χ1) is 23.0. The van der Waals surface area contributed by atoms with E-state index in [1.807, 2.05) is 103 Å². The fourth-order valence-electron chi connectivity index (χ4n) is 5.94. The van der Waals surface area contributed by atoms with Crippen molar-refractivity contribution in [1.82, 2.24) is 9.47 Å². The standard InChI is InChI=1S/C38H43N3O6S/c1-5-46-38(43)37-28(2)34-20-19-33(24-35(34)39(37)3)47-22-21-40(25-29-13-8-6-9-14-29)27-36(42)31-17-12-18-32(23-31)41(48(4,44)45)26-30-15-10-7-11-16-30/h6-20,23-24,36,42H,5,21-22,25-27H2,1-4H3/t36-/m0/s1. The van der Waals surface area contributed by atoms with Gasteiger partial charge >= 0.3 is 5.97 Å². The van der Waals surface area contributed by atoms with Crippen LogP contribution in [0.2, 0.25) is 0 Å². The van der Waals surface area contributed by atoms with Crippen molar-refractivity contribution >= 4 is 32.6 Å². The summed E-state index contributed by atoms with van der Waals surface area (Å²) in [5.41, 5.74) is 5.34. The van der Waals surface area contributed by atoms with Crippen LogP contribution in [0.4, 0.5) is 5.69 Å². The van der Waals surface area contributed by atoms with Crippen LogP contribution in [0.1, 0.15) is 45.8 Å². The largest absolute Gasteiger partial charge is 0.492 e. The Morgan fingerprint density at radius 3 is 2.21 bits per heavy atom. The molecular weight excluding hydrogens is 627 g/mol. The molecule has 10 heteroatoms. The van der Waals surface area contributed by atoms with E-state index in [-0.39, 0.29) is 12.5 Å². The molecule has 0 aliphatic rings. The average molecular weight is 670 g/mol. The topological polar surface area (TPSA) is 101 Å². The maximum Gasteiger partial charge on any atom is 0.355 e. The highest BCUT2D eigenvalue weighted by atomic mass is 32.2.